The second-order valence-corrected chi connectivity index (χ2v) is 7.87. The molecule has 1 N–H and O–H groups in total. The summed E-state index contributed by atoms with van der Waals surface area (Å²) in [6.45, 7) is 5.17. The first-order valence-corrected chi connectivity index (χ1v) is 8.94. The van der Waals surface area contributed by atoms with Gasteiger partial charge in [-0.2, -0.15) is 0 Å². The molecule has 0 spiro atoms. The van der Waals surface area contributed by atoms with Gasteiger partial charge in [-0.25, -0.2) is 14.6 Å². The number of aliphatic carboxylic acids is 1. The van der Waals surface area contributed by atoms with Crippen molar-refractivity contribution in [2.75, 3.05) is 7.05 Å². The molecule has 1 aliphatic rings. The maximum absolute atomic E-state index is 12.2. The molecule has 1 atom stereocenters. The summed E-state index contributed by atoms with van der Waals surface area (Å²) in [4.78, 5) is 29.3. The minimum atomic E-state index is -1.15. The summed E-state index contributed by atoms with van der Waals surface area (Å²) >= 11 is 6.02. The number of likely N-dealkylation sites (N-methyl/N-ethyl adjacent to an activating group) is 1. The first kappa shape index (κ1) is 20.3. The Labute approximate surface area is 158 Å². The largest absolute Gasteiger partial charge is 0.480 e. The van der Waals surface area contributed by atoms with Crippen molar-refractivity contribution in [2.24, 2.45) is 0 Å². The smallest absolute Gasteiger partial charge is 0.410 e. The number of hydrogen-bond donors (Lipinski definition) is 1. The van der Waals surface area contributed by atoms with Crippen molar-refractivity contribution >= 4 is 23.7 Å². The lowest BCUT2D eigenvalue weighted by molar-refractivity contribution is -0.142. The van der Waals surface area contributed by atoms with Crippen molar-refractivity contribution < 1.29 is 24.2 Å². The third-order valence-electron chi connectivity index (χ3n) is 4.07. The highest BCUT2D eigenvalue weighted by molar-refractivity contribution is 6.30. The van der Waals surface area contributed by atoms with Gasteiger partial charge < -0.3 is 14.6 Å². The summed E-state index contributed by atoms with van der Waals surface area (Å²) in [5.41, 5.74) is -0.169. The molecule has 1 fully saturated rings. The van der Waals surface area contributed by atoms with Crippen LogP contribution < -0.4 is 4.74 Å². The predicted molar refractivity (Wildman–Crippen MR) is 96.6 cm³/mol. The number of carboxylic acids is 1. The zero-order valence-corrected chi connectivity index (χ0v) is 16.2. The van der Waals surface area contributed by atoms with Gasteiger partial charge in [0.1, 0.15) is 17.7 Å². The first-order valence-electron chi connectivity index (χ1n) is 8.56. The highest BCUT2D eigenvalue weighted by Crippen LogP contribution is 2.29. The number of halogens is 1. The van der Waals surface area contributed by atoms with Crippen LogP contribution in [0.1, 0.15) is 45.6 Å². The van der Waals surface area contributed by atoms with Gasteiger partial charge in [-0.05, 0) is 46.1 Å². The molecule has 0 unspecified atom stereocenters. The number of carbonyl (C=O) groups is 2. The maximum Gasteiger partial charge on any atom is 0.410 e. The zero-order chi connectivity index (χ0) is 19.5. The highest BCUT2D eigenvalue weighted by atomic mass is 35.5. The zero-order valence-electron chi connectivity index (χ0n) is 15.5. The lowest BCUT2D eigenvalue weighted by atomic mass is 9.96. The monoisotopic (exact) mass is 384 g/mol. The van der Waals surface area contributed by atoms with E-state index < -0.39 is 23.7 Å². The molecule has 0 aromatic carbocycles. The van der Waals surface area contributed by atoms with Gasteiger partial charge in [0, 0.05) is 25.2 Å². The van der Waals surface area contributed by atoms with E-state index in [-0.39, 0.29) is 12.5 Å². The Bertz CT molecular complexity index is 670. The molecule has 1 heterocycles. The second kappa shape index (κ2) is 8.12. The SMILES string of the molecule is CN(C(=O)OC(C)(C)C)[C@@H](Cc1cc(Cl)cnc1OC1CCC1)C(=O)O. The van der Waals surface area contributed by atoms with Crippen molar-refractivity contribution in [3.63, 3.8) is 0 Å². The molecule has 7 nitrogen and oxygen atoms in total. The molecular weight excluding hydrogens is 360 g/mol. The fourth-order valence-electron chi connectivity index (χ4n) is 2.43. The van der Waals surface area contributed by atoms with E-state index in [2.05, 4.69) is 4.98 Å². The van der Waals surface area contributed by atoms with E-state index in [0.717, 1.165) is 24.2 Å². The summed E-state index contributed by atoms with van der Waals surface area (Å²) in [5, 5.41) is 9.99. The van der Waals surface area contributed by atoms with Crippen molar-refractivity contribution in [1.29, 1.82) is 0 Å². The van der Waals surface area contributed by atoms with Crippen LogP contribution in [0.25, 0.3) is 0 Å². The molecule has 2 rings (SSSR count). The number of rotatable bonds is 6. The van der Waals surface area contributed by atoms with Crippen molar-refractivity contribution in [2.45, 2.75) is 64.2 Å². The molecule has 0 saturated heterocycles. The summed E-state index contributed by atoms with van der Waals surface area (Å²) in [5.74, 6) is -0.782. The van der Waals surface area contributed by atoms with Gasteiger partial charge in [0.25, 0.3) is 0 Å². The van der Waals surface area contributed by atoms with Crippen LogP contribution in [-0.2, 0) is 16.0 Å². The minimum absolute atomic E-state index is 0.0146. The molecule has 1 aliphatic carbocycles. The van der Waals surface area contributed by atoms with Crippen molar-refractivity contribution in [3.05, 3.63) is 22.8 Å². The third kappa shape index (κ3) is 5.49. The van der Waals surface area contributed by atoms with Gasteiger partial charge in [0.05, 0.1) is 5.02 Å². The number of nitrogens with zero attached hydrogens (tertiary/aromatic N) is 2. The Morgan fingerprint density at radius 3 is 2.58 bits per heavy atom. The lowest BCUT2D eigenvalue weighted by Gasteiger charge is -2.30. The summed E-state index contributed by atoms with van der Waals surface area (Å²) < 4.78 is 11.1. The predicted octanol–water partition coefficient (Wildman–Crippen LogP) is 3.53. The van der Waals surface area contributed by atoms with Crippen LogP contribution in [0, 0.1) is 0 Å². The third-order valence-corrected chi connectivity index (χ3v) is 4.28. The Morgan fingerprint density at radius 2 is 2.08 bits per heavy atom. The summed E-state index contributed by atoms with van der Waals surface area (Å²) in [6.07, 6.45) is 3.86. The Kier molecular flexibility index (Phi) is 6.34. The standard InChI is InChI=1S/C18H25ClN2O5/c1-18(2,3)26-17(24)21(4)14(16(22)23)9-11-8-12(19)10-20-15(11)25-13-6-5-7-13/h8,10,13-14H,5-7,9H2,1-4H3,(H,22,23)/t14-/m0/s1. The maximum atomic E-state index is 12.2. The molecule has 0 radical (unpaired) electrons. The molecule has 8 heteroatoms. The lowest BCUT2D eigenvalue weighted by Crippen LogP contribution is -2.46. The molecule has 1 aromatic rings. The number of pyridine rings is 1. The van der Waals surface area contributed by atoms with Gasteiger partial charge in [0.15, 0.2) is 0 Å². The van der Waals surface area contributed by atoms with Crippen molar-refractivity contribution in [1.82, 2.24) is 9.88 Å². The molecule has 1 amide bonds. The molecule has 1 aromatic heterocycles. The van der Waals surface area contributed by atoms with E-state index >= 15 is 0 Å². The number of ether oxygens (including phenoxy) is 2. The number of carboxylic acid groups (broad SMARTS) is 1. The summed E-state index contributed by atoms with van der Waals surface area (Å²) in [7, 11) is 1.40. The average Bonchev–Trinajstić information content (AvgIpc) is 2.47. The van der Waals surface area contributed by atoms with Gasteiger partial charge in [-0.15, -0.1) is 0 Å². The van der Waals surface area contributed by atoms with E-state index in [0.29, 0.717) is 16.5 Å². The van der Waals surface area contributed by atoms with Crippen LogP contribution in [0.4, 0.5) is 4.79 Å². The second-order valence-electron chi connectivity index (χ2n) is 7.44. The Balaban J connectivity index is 2.19. The van der Waals surface area contributed by atoms with Crippen LogP contribution in [0.5, 0.6) is 5.88 Å². The van der Waals surface area contributed by atoms with Gasteiger partial charge in [-0.1, -0.05) is 11.6 Å². The molecular formula is C18H25ClN2O5. The van der Waals surface area contributed by atoms with Gasteiger partial charge in [0.2, 0.25) is 5.88 Å². The highest BCUT2D eigenvalue weighted by Gasteiger charge is 2.32. The minimum Gasteiger partial charge on any atom is -0.480 e. The van der Waals surface area contributed by atoms with E-state index in [9.17, 15) is 14.7 Å². The number of hydrogen-bond acceptors (Lipinski definition) is 5. The molecule has 0 aliphatic heterocycles. The fourth-order valence-corrected chi connectivity index (χ4v) is 2.61. The molecule has 0 bridgehead atoms. The Hall–Kier alpha value is -2.02. The van der Waals surface area contributed by atoms with Crippen LogP contribution in [0.3, 0.4) is 0 Å². The summed E-state index contributed by atoms with van der Waals surface area (Å²) in [6, 6.07) is 0.496. The number of aromatic nitrogens is 1. The number of amides is 1. The van der Waals surface area contributed by atoms with Crippen molar-refractivity contribution in [3.8, 4) is 5.88 Å². The van der Waals surface area contributed by atoms with E-state index in [1.165, 1.54) is 13.2 Å². The van der Waals surface area contributed by atoms with Crippen LogP contribution in [0.15, 0.2) is 12.3 Å². The molecule has 144 valence electrons. The van der Waals surface area contributed by atoms with E-state index in [1.54, 1.807) is 26.8 Å². The Morgan fingerprint density at radius 1 is 1.42 bits per heavy atom. The molecule has 26 heavy (non-hydrogen) atoms. The van der Waals surface area contributed by atoms with Crippen LogP contribution >= 0.6 is 11.6 Å². The topological polar surface area (TPSA) is 89.0 Å². The van der Waals surface area contributed by atoms with E-state index in [1.807, 2.05) is 0 Å². The first-order chi connectivity index (χ1) is 12.1. The number of carbonyl (C=O) groups excluding carboxylic acids is 1. The quantitative estimate of drug-likeness (QED) is 0.807. The normalized spacial score (nSPS) is 15.7. The van der Waals surface area contributed by atoms with Gasteiger partial charge >= 0.3 is 12.1 Å². The average molecular weight is 385 g/mol. The van der Waals surface area contributed by atoms with Crippen LogP contribution in [-0.4, -0.2) is 51.8 Å². The molecule has 1 saturated carbocycles. The van der Waals surface area contributed by atoms with E-state index in [4.69, 9.17) is 21.1 Å². The van der Waals surface area contributed by atoms with Crippen LogP contribution in [0.2, 0.25) is 5.02 Å². The fraction of sp³-hybridized carbons (Fsp3) is 0.611. The van der Waals surface area contributed by atoms with Gasteiger partial charge in [-0.3, -0.25) is 4.90 Å².